The summed E-state index contributed by atoms with van der Waals surface area (Å²) in [6, 6.07) is 0.748. The van der Waals surface area contributed by atoms with E-state index in [2.05, 4.69) is 38.3 Å². The van der Waals surface area contributed by atoms with Gasteiger partial charge in [0.1, 0.15) is 11.1 Å². The molecule has 2 atom stereocenters. The van der Waals surface area contributed by atoms with E-state index >= 15 is 0 Å². The molecule has 2 unspecified atom stereocenters. The minimum atomic E-state index is -1.32. The van der Waals surface area contributed by atoms with Gasteiger partial charge in [0.05, 0.1) is 0 Å². The van der Waals surface area contributed by atoms with Crippen molar-refractivity contribution in [1.29, 1.82) is 0 Å². The van der Waals surface area contributed by atoms with Crippen LogP contribution < -0.4 is 22.1 Å². The lowest BCUT2D eigenvalue weighted by atomic mass is 9.66. The number of carboxylic acids is 2. The van der Waals surface area contributed by atoms with Crippen LogP contribution in [0.25, 0.3) is 0 Å². The van der Waals surface area contributed by atoms with Crippen LogP contribution in [0.15, 0.2) is 0 Å². The molecular weight excluding hydrogens is 613 g/mol. The first kappa shape index (κ1) is 45.5. The number of carbonyl (C=O) groups is 2. The molecule has 0 radical (unpaired) electrons. The zero-order chi connectivity index (χ0) is 32.1. The molecule has 2 fully saturated rings. The second-order valence-electron chi connectivity index (χ2n) is 13.5. The third-order valence-electron chi connectivity index (χ3n) is 8.76. The topological polar surface area (TPSA) is 232 Å². The first-order valence-electron chi connectivity index (χ1n) is 15.7. The summed E-state index contributed by atoms with van der Waals surface area (Å²) in [5, 5.41) is 60.9. The van der Waals surface area contributed by atoms with Gasteiger partial charge in [-0.1, -0.05) is 53.4 Å². The minimum absolute atomic E-state index is 0. The Kier molecular flexibility index (Phi) is 22.7. The molecule has 0 bridgehead atoms. The Bertz CT molecular complexity index is 746. The van der Waals surface area contributed by atoms with Crippen molar-refractivity contribution in [3.05, 3.63) is 0 Å². The number of rotatable bonds is 20. The molecule has 2 saturated carbocycles. The minimum Gasteiger partial charge on any atom is -0.480 e. The number of unbranched alkanes of at least 4 members (excludes halogenated alkanes) is 2. The number of aliphatic carboxylic acids is 2. The monoisotopic (exact) mass is 672 g/mol. The molecule has 2 aliphatic rings. The maximum absolute atomic E-state index is 11.5. The zero-order valence-corrected chi connectivity index (χ0v) is 28.6. The van der Waals surface area contributed by atoms with Crippen molar-refractivity contribution >= 4 is 51.0 Å². The highest BCUT2D eigenvalue weighted by atomic mass is 35.5. The van der Waals surface area contributed by atoms with Crippen LogP contribution in [0.2, 0.25) is 12.6 Å². The molecular formula is C28H60B2Cl2N4O8. The molecule has 12 N–H and O–H groups in total. The first-order valence-corrected chi connectivity index (χ1v) is 15.7. The van der Waals surface area contributed by atoms with E-state index in [9.17, 15) is 19.8 Å². The highest BCUT2D eigenvalue weighted by Gasteiger charge is 2.49. The normalized spacial score (nSPS) is 23.4. The second kappa shape index (κ2) is 22.0. The lowest BCUT2D eigenvalue weighted by Gasteiger charge is -2.45. The highest BCUT2D eigenvalue weighted by Crippen LogP contribution is 2.39. The summed E-state index contributed by atoms with van der Waals surface area (Å²) >= 11 is 0. The fourth-order valence-corrected chi connectivity index (χ4v) is 5.68. The van der Waals surface area contributed by atoms with Crippen molar-refractivity contribution in [3.63, 3.8) is 0 Å². The van der Waals surface area contributed by atoms with Crippen LogP contribution >= 0.6 is 24.8 Å². The zero-order valence-electron chi connectivity index (χ0n) is 27.0. The Morgan fingerprint density at radius 1 is 0.682 bits per heavy atom. The fourth-order valence-electron chi connectivity index (χ4n) is 5.68. The van der Waals surface area contributed by atoms with Gasteiger partial charge in [-0.2, -0.15) is 0 Å². The van der Waals surface area contributed by atoms with E-state index in [1.54, 1.807) is 0 Å². The van der Waals surface area contributed by atoms with Gasteiger partial charge in [0, 0.05) is 12.1 Å². The van der Waals surface area contributed by atoms with Gasteiger partial charge in [-0.3, -0.25) is 9.59 Å². The van der Waals surface area contributed by atoms with Crippen LogP contribution in [-0.4, -0.2) is 92.7 Å². The molecule has 0 amide bonds. The molecule has 0 aromatic heterocycles. The summed E-state index contributed by atoms with van der Waals surface area (Å²) in [5.74, 6) is -0.733. The summed E-state index contributed by atoms with van der Waals surface area (Å²) in [6.45, 7) is 10.5. The van der Waals surface area contributed by atoms with Crippen molar-refractivity contribution < 1.29 is 39.9 Å². The summed E-state index contributed by atoms with van der Waals surface area (Å²) in [4.78, 5) is 23.0. The number of halogens is 2. The number of hydrogen-bond donors (Lipinski definition) is 10. The van der Waals surface area contributed by atoms with Crippen LogP contribution in [0.1, 0.15) is 91.9 Å². The molecule has 16 heteroatoms. The molecule has 0 aromatic rings. The standard InChI is InChI=1S/2C14H29BN2O4.2ClH/c2*1-10(2)9-17-12-7-11(8-12)14(16,13(18)19)5-3-4-6-15(20)21;;/h2*10-12,17,20-21H,3-9,16H2,1-2H3,(H,18,19);2*1H/t11-,12+,14?;;;. The molecule has 2 rings (SSSR count). The Hall–Kier alpha value is -0.670. The van der Waals surface area contributed by atoms with E-state index in [1.807, 2.05) is 0 Å². The fraction of sp³-hybridized carbons (Fsp3) is 0.929. The van der Waals surface area contributed by atoms with E-state index in [4.69, 9.17) is 31.6 Å². The van der Waals surface area contributed by atoms with E-state index in [1.165, 1.54) is 0 Å². The number of nitrogens with one attached hydrogen (secondary N) is 2. The average molecular weight is 673 g/mol. The van der Waals surface area contributed by atoms with Gasteiger partial charge in [-0.05, 0) is 87.9 Å². The molecule has 44 heavy (non-hydrogen) atoms. The van der Waals surface area contributed by atoms with Crippen molar-refractivity contribution in [2.24, 2.45) is 35.1 Å². The third kappa shape index (κ3) is 15.8. The van der Waals surface area contributed by atoms with E-state index in [0.717, 1.165) is 38.8 Å². The van der Waals surface area contributed by atoms with Crippen molar-refractivity contribution in [3.8, 4) is 0 Å². The molecule has 2 aliphatic carbocycles. The molecule has 0 heterocycles. The summed E-state index contributed by atoms with van der Waals surface area (Å²) in [7, 11) is -2.65. The quantitative estimate of drug-likeness (QED) is 0.0658. The van der Waals surface area contributed by atoms with Crippen LogP contribution in [0.3, 0.4) is 0 Å². The maximum atomic E-state index is 11.5. The number of hydrogen-bond acceptors (Lipinski definition) is 10. The Labute approximate surface area is 277 Å². The molecule has 0 spiro atoms. The predicted molar refractivity (Wildman–Crippen MR) is 180 cm³/mol. The maximum Gasteiger partial charge on any atom is 0.451 e. The van der Waals surface area contributed by atoms with Crippen molar-refractivity contribution in [2.45, 2.75) is 128 Å². The average Bonchev–Trinajstić information content (AvgIpc) is 2.82. The predicted octanol–water partition coefficient (Wildman–Crippen LogP) is 1.72. The Morgan fingerprint density at radius 2 is 0.977 bits per heavy atom. The smallest absolute Gasteiger partial charge is 0.451 e. The molecule has 260 valence electrons. The van der Waals surface area contributed by atoms with E-state index in [0.29, 0.717) is 62.4 Å². The first-order chi connectivity index (χ1) is 19.5. The van der Waals surface area contributed by atoms with Gasteiger partial charge in [-0.25, -0.2) is 0 Å². The number of nitrogens with two attached hydrogens (primary N) is 2. The van der Waals surface area contributed by atoms with Crippen molar-refractivity contribution in [2.75, 3.05) is 13.1 Å². The second-order valence-corrected chi connectivity index (χ2v) is 13.5. The largest absolute Gasteiger partial charge is 0.480 e. The SMILES string of the molecule is CC(C)CNC1CC(C(N)(CCCCB(O)O)C(=O)O)C1.CC(C)CN[C@H]1C[C@@H](C(N)(CCCCB(O)O)C(=O)O)C1.Cl.Cl. The Morgan fingerprint density at radius 3 is 1.20 bits per heavy atom. The van der Waals surface area contributed by atoms with Crippen LogP contribution in [-0.2, 0) is 9.59 Å². The third-order valence-corrected chi connectivity index (χ3v) is 8.76. The van der Waals surface area contributed by atoms with Crippen LogP contribution in [0.5, 0.6) is 0 Å². The molecule has 0 saturated heterocycles. The van der Waals surface area contributed by atoms with Gasteiger partial charge < -0.3 is 52.4 Å². The lowest BCUT2D eigenvalue weighted by molar-refractivity contribution is -0.149. The van der Waals surface area contributed by atoms with Crippen LogP contribution in [0, 0.1) is 23.7 Å². The summed E-state index contributed by atoms with van der Waals surface area (Å²) in [6.07, 6.45) is 6.86. The Balaban J connectivity index is 0. The molecule has 0 aromatic carbocycles. The van der Waals surface area contributed by atoms with Gasteiger partial charge in [0.2, 0.25) is 0 Å². The van der Waals surface area contributed by atoms with E-state index in [-0.39, 0.29) is 49.3 Å². The molecule has 0 aliphatic heterocycles. The van der Waals surface area contributed by atoms with Gasteiger partial charge in [0.25, 0.3) is 0 Å². The lowest BCUT2D eigenvalue weighted by Crippen LogP contribution is -2.61. The van der Waals surface area contributed by atoms with E-state index < -0.39 is 37.3 Å². The summed E-state index contributed by atoms with van der Waals surface area (Å²) in [5.41, 5.74) is 9.89. The van der Waals surface area contributed by atoms with Gasteiger partial charge >= 0.3 is 26.2 Å². The molecule has 12 nitrogen and oxygen atoms in total. The van der Waals surface area contributed by atoms with Gasteiger partial charge in [-0.15, -0.1) is 24.8 Å². The summed E-state index contributed by atoms with van der Waals surface area (Å²) < 4.78 is 0. The highest BCUT2D eigenvalue weighted by molar-refractivity contribution is 6.41. The van der Waals surface area contributed by atoms with Crippen molar-refractivity contribution in [1.82, 2.24) is 10.6 Å². The van der Waals surface area contributed by atoms with Gasteiger partial charge in [0.15, 0.2) is 0 Å². The number of carboxylic acid groups (broad SMARTS) is 2. The van der Waals surface area contributed by atoms with Crippen LogP contribution in [0.4, 0.5) is 0 Å².